The molecule has 1 saturated heterocycles. The minimum absolute atomic E-state index is 0.0911. The number of pyridine rings is 1. The van der Waals surface area contributed by atoms with E-state index in [2.05, 4.69) is 20.7 Å². The molecular formula is C11H14FN5O. The molecule has 6 nitrogen and oxygen atoms in total. The number of anilines is 1. The Bertz CT molecular complexity index is 557. The van der Waals surface area contributed by atoms with Gasteiger partial charge in [0.05, 0.1) is 18.3 Å². The molecule has 1 aliphatic heterocycles. The second-order valence-electron chi connectivity index (χ2n) is 4.27. The summed E-state index contributed by atoms with van der Waals surface area (Å²) in [5.41, 5.74) is 0.610. The zero-order chi connectivity index (χ0) is 12.5. The summed E-state index contributed by atoms with van der Waals surface area (Å²) >= 11 is 0. The van der Waals surface area contributed by atoms with Crippen molar-refractivity contribution in [3.63, 3.8) is 0 Å². The van der Waals surface area contributed by atoms with Gasteiger partial charge in [-0.25, -0.2) is 8.91 Å². The average molecular weight is 251 g/mol. The minimum Gasteiger partial charge on any atom is -0.378 e. The molecular weight excluding hydrogens is 237 g/mol. The molecule has 2 N–H and O–H groups in total. The van der Waals surface area contributed by atoms with Crippen LogP contribution in [-0.2, 0) is 4.74 Å². The average Bonchev–Trinajstić information content (AvgIpc) is 2.94. The van der Waals surface area contributed by atoms with Gasteiger partial charge in [-0.1, -0.05) is 0 Å². The minimum atomic E-state index is -0.337. The van der Waals surface area contributed by atoms with Crippen LogP contribution in [0.2, 0.25) is 0 Å². The first-order chi connectivity index (χ1) is 8.76. The summed E-state index contributed by atoms with van der Waals surface area (Å²) in [7, 11) is 1.68. The van der Waals surface area contributed by atoms with E-state index < -0.39 is 0 Å². The quantitative estimate of drug-likeness (QED) is 0.819. The van der Waals surface area contributed by atoms with Crippen molar-refractivity contribution < 1.29 is 9.13 Å². The Morgan fingerprint density at radius 1 is 1.50 bits per heavy atom. The van der Waals surface area contributed by atoms with Gasteiger partial charge in [0, 0.05) is 20.2 Å². The Kier molecular flexibility index (Phi) is 2.85. The number of fused-ring (bicyclic) bond motifs is 1. The van der Waals surface area contributed by atoms with Gasteiger partial charge in [0.15, 0.2) is 5.65 Å². The standard InChI is InChI=1S/C11H14FN5O/c1-18-9-5-13-4-8(9)14-11-15-10-3-2-7(12)6-17(10)16-11/h2-3,6,8-9,13H,4-5H2,1H3,(H,14,16)/t8?,9-/m0/s1. The van der Waals surface area contributed by atoms with E-state index in [1.165, 1.54) is 16.8 Å². The van der Waals surface area contributed by atoms with Crippen molar-refractivity contribution in [1.29, 1.82) is 0 Å². The van der Waals surface area contributed by atoms with Gasteiger partial charge < -0.3 is 15.4 Å². The molecule has 0 aromatic carbocycles. The lowest BCUT2D eigenvalue weighted by Crippen LogP contribution is -2.33. The molecule has 0 amide bonds. The second kappa shape index (κ2) is 4.51. The van der Waals surface area contributed by atoms with E-state index in [1.807, 2.05) is 0 Å². The number of methoxy groups -OCH3 is 1. The Balaban J connectivity index is 1.82. The summed E-state index contributed by atoms with van der Waals surface area (Å²) in [5, 5.41) is 10.6. The number of rotatable bonds is 3. The number of hydrogen-bond donors (Lipinski definition) is 2. The molecule has 1 fully saturated rings. The maximum atomic E-state index is 13.0. The summed E-state index contributed by atoms with van der Waals surface area (Å²) in [4.78, 5) is 4.28. The number of nitrogens with zero attached hydrogens (tertiary/aromatic N) is 3. The Morgan fingerprint density at radius 2 is 2.39 bits per heavy atom. The molecule has 0 spiro atoms. The van der Waals surface area contributed by atoms with Gasteiger partial charge >= 0.3 is 0 Å². The Labute approximate surface area is 103 Å². The van der Waals surface area contributed by atoms with E-state index >= 15 is 0 Å². The van der Waals surface area contributed by atoms with Gasteiger partial charge in [0.25, 0.3) is 0 Å². The molecule has 0 bridgehead atoms. The molecule has 18 heavy (non-hydrogen) atoms. The SMILES string of the molecule is CO[C@H]1CNCC1Nc1nc2ccc(F)cn2n1. The number of halogens is 1. The number of aromatic nitrogens is 3. The van der Waals surface area contributed by atoms with Crippen LogP contribution in [0.4, 0.5) is 10.3 Å². The lowest BCUT2D eigenvalue weighted by molar-refractivity contribution is 0.111. The lowest BCUT2D eigenvalue weighted by atomic mass is 10.2. The fourth-order valence-corrected chi connectivity index (χ4v) is 2.13. The number of hydrogen-bond acceptors (Lipinski definition) is 5. The zero-order valence-electron chi connectivity index (χ0n) is 9.93. The topological polar surface area (TPSA) is 63.5 Å². The summed E-state index contributed by atoms with van der Waals surface area (Å²) in [6, 6.07) is 3.08. The third-order valence-electron chi connectivity index (χ3n) is 3.07. The van der Waals surface area contributed by atoms with Gasteiger partial charge in [-0.15, -0.1) is 5.10 Å². The Hall–Kier alpha value is -1.73. The van der Waals surface area contributed by atoms with Crippen LogP contribution in [0.1, 0.15) is 0 Å². The number of nitrogens with one attached hydrogen (secondary N) is 2. The van der Waals surface area contributed by atoms with E-state index in [1.54, 1.807) is 13.2 Å². The van der Waals surface area contributed by atoms with Crippen LogP contribution in [0.5, 0.6) is 0 Å². The lowest BCUT2D eigenvalue weighted by Gasteiger charge is -2.16. The van der Waals surface area contributed by atoms with E-state index in [-0.39, 0.29) is 18.0 Å². The van der Waals surface area contributed by atoms with Gasteiger partial charge in [-0.05, 0) is 12.1 Å². The van der Waals surface area contributed by atoms with Crippen LogP contribution in [0.15, 0.2) is 18.3 Å². The van der Waals surface area contributed by atoms with Crippen LogP contribution in [0, 0.1) is 5.82 Å². The van der Waals surface area contributed by atoms with Crippen LogP contribution in [0.25, 0.3) is 5.65 Å². The molecule has 1 unspecified atom stereocenters. The summed E-state index contributed by atoms with van der Waals surface area (Å²) in [5.74, 6) is 0.146. The van der Waals surface area contributed by atoms with Crippen molar-refractivity contribution in [3.05, 3.63) is 24.1 Å². The van der Waals surface area contributed by atoms with Gasteiger partial charge in [-0.2, -0.15) is 4.98 Å². The largest absolute Gasteiger partial charge is 0.378 e. The zero-order valence-corrected chi connectivity index (χ0v) is 9.93. The highest BCUT2D eigenvalue weighted by Crippen LogP contribution is 2.12. The van der Waals surface area contributed by atoms with E-state index in [4.69, 9.17) is 4.74 Å². The van der Waals surface area contributed by atoms with Crippen molar-refractivity contribution >= 4 is 11.6 Å². The molecule has 0 radical (unpaired) electrons. The highest BCUT2D eigenvalue weighted by atomic mass is 19.1. The summed E-state index contributed by atoms with van der Waals surface area (Å²) < 4.78 is 19.8. The van der Waals surface area contributed by atoms with Crippen LogP contribution in [0.3, 0.4) is 0 Å². The van der Waals surface area contributed by atoms with Gasteiger partial charge in [-0.3, -0.25) is 0 Å². The van der Waals surface area contributed by atoms with E-state index in [0.29, 0.717) is 11.6 Å². The maximum Gasteiger partial charge on any atom is 0.243 e. The molecule has 2 aromatic rings. The summed E-state index contributed by atoms with van der Waals surface area (Å²) in [6.07, 6.45) is 1.39. The predicted octanol–water partition coefficient (Wildman–Crippen LogP) is 0.267. The highest BCUT2D eigenvalue weighted by molar-refractivity contribution is 5.43. The first-order valence-corrected chi connectivity index (χ1v) is 5.78. The van der Waals surface area contributed by atoms with E-state index in [9.17, 15) is 4.39 Å². The molecule has 1 aliphatic rings. The molecule has 0 saturated carbocycles. The van der Waals surface area contributed by atoms with Gasteiger partial charge in [0.2, 0.25) is 5.95 Å². The molecule has 3 heterocycles. The van der Waals surface area contributed by atoms with Crippen molar-refractivity contribution in [1.82, 2.24) is 19.9 Å². The van der Waals surface area contributed by atoms with Crippen LogP contribution >= 0.6 is 0 Å². The fraction of sp³-hybridized carbons (Fsp3) is 0.455. The molecule has 7 heteroatoms. The monoisotopic (exact) mass is 251 g/mol. The fourth-order valence-electron chi connectivity index (χ4n) is 2.13. The third kappa shape index (κ3) is 2.02. The number of ether oxygens (including phenoxy) is 1. The van der Waals surface area contributed by atoms with Crippen molar-refractivity contribution in [2.24, 2.45) is 0 Å². The first-order valence-electron chi connectivity index (χ1n) is 5.78. The Morgan fingerprint density at radius 3 is 3.22 bits per heavy atom. The molecule has 96 valence electrons. The smallest absolute Gasteiger partial charge is 0.243 e. The summed E-state index contributed by atoms with van der Waals surface area (Å²) in [6.45, 7) is 1.60. The predicted molar refractivity (Wildman–Crippen MR) is 64.0 cm³/mol. The van der Waals surface area contributed by atoms with E-state index in [0.717, 1.165) is 13.1 Å². The maximum absolute atomic E-state index is 13.0. The third-order valence-corrected chi connectivity index (χ3v) is 3.07. The second-order valence-corrected chi connectivity index (χ2v) is 4.27. The van der Waals surface area contributed by atoms with Gasteiger partial charge in [0.1, 0.15) is 5.82 Å². The normalized spacial score (nSPS) is 23.7. The van der Waals surface area contributed by atoms with Crippen LogP contribution < -0.4 is 10.6 Å². The molecule has 2 aromatic heterocycles. The molecule has 0 aliphatic carbocycles. The molecule has 3 rings (SSSR count). The first kappa shape index (κ1) is 11.4. The van der Waals surface area contributed by atoms with Crippen LogP contribution in [-0.4, -0.2) is 46.9 Å². The molecule has 2 atom stereocenters. The van der Waals surface area contributed by atoms with Crippen molar-refractivity contribution in [2.45, 2.75) is 12.1 Å². The van der Waals surface area contributed by atoms with Crippen molar-refractivity contribution in [3.8, 4) is 0 Å². The van der Waals surface area contributed by atoms with Crippen molar-refractivity contribution in [2.75, 3.05) is 25.5 Å². The highest BCUT2D eigenvalue weighted by Gasteiger charge is 2.27.